The van der Waals surface area contributed by atoms with Gasteiger partial charge in [0.05, 0.1) is 23.3 Å². The fourth-order valence-corrected chi connectivity index (χ4v) is 3.43. The summed E-state index contributed by atoms with van der Waals surface area (Å²) in [5.74, 6) is 0.725. The average molecular weight is 399 g/mol. The number of carbonyl (C=O) groups excluding carboxylic acids is 1. The summed E-state index contributed by atoms with van der Waals surface area (Å²) in [5.41, 5.74) is 1.60. The van der Waals surface area contributed by atoms with Crippen LogP contribution in [0, 0.1) is 0 Å². The molecule has 2 aromatic rings. The number of carbonyl (C=O) groups is 1. The Kier molecular flexibility index (Phi) is 5.88. The second kappa shape index (κ2) is 8.16. The van der Waals surface area contributed by atoms with Crippen LogP contribution < -0.4 is 15.4 Å². The lowest BCUT2D eigenvalue weighted by molar-refractivity contribution is -0.153. The third-order valence-electron chi connectivity index (χ3n) is 4.06. The monoisotopic (exact) mass is 399 g/mol. The van der Waals surface area contributed by atoms with E-state index in [1.165, 1.54) is 25.0 Å². The van der Waals surface area contributed by atoms with Gasteiger partial charge < -0.3 is 15.4 Å². The predicted octanol–water partition coefficient (Wildman–Crippen LogP) is 4.52. The summed E-state index contributed by atoms with van der Waals surface area (Å²) in [4.78, 5) is 16.5. The van der Waals surface area contributed by atoms with E-state index in [2.05, 4.69) is 20.4 Å². The SMILES string of the molecule is CC(NC(=O)NCc1csc(C2CC2)n1)c1ccc(OCC(F)(F)F)cc1. The molecule has 0 spiro atoms. The first-order chi connectivity index (χ1) is 12.8. The molecule has 1 aromatic carbocycles. The Bertz CT molecular complexity index is 773. The number of hydrogen-bond acceptors (Lipinski definition) is 4. The molecule has 146 valence electrons. The van der Waals surface area contributed by atoms with E-state index >= 15 is 0 Å². The normalized spacial score (nSPS) is 15.3. The molecule has 1 saturated carbocycles. The maximum atomic E-state index is 12.1. The lowest BCUT2D eigenvalue weighted by atomic mass is 10.1. The maximum Gasteiger partial charge on any atom is 0.422 e. The highest BCUT2D eigenvalue weighted by molar-refractivity contribution is 7.09. The highest BCUT2D eigenvalue weighted by atomic mass is 32.1. The van der Waals surface area contributed by atoms with Gasteiger partial charge in [0.1, 0.15) is 5.75 Å². The summed E-state index contributed by atoms with van der Waals surface area (Å²) < 4.78 is 41.1. The number of halogens is 3. The van der Waals surface area contributed by atoms with Gasteiger partial charge in [0.2, 0.25) is 0 Å². The molecular weight excluding hydrogens is 379 g/mol. The number of nitrogens with one attached hydrogen (secondary N) is 2. The first-order valence-electron chi connectivity index (χ1n) is 8.58. The van der Waals surface area contributed by atoms with Crippen molar-refractivity contribution in [2.24, 2.45) is 0 Å². The van der Waals surface area contributed by atoms with Crippen molar-refractivity contribution in [2.75, 3.05) is 6.61 Å². The molecular formula is C18H20F3N3O2S. The van der Waals surface area contributed by atoms with Gasteiger partial charge in [-0.1, -0.05) is 12.1 Å². The van der Waals surface area contributed by atoms with Crippen LogP contribution >= 0.6 is 11.3 Å². The van der Waals surface area contributed by atoms with E-state index in [1.807, 2.05) is 5.38 Å². The van der Waals surface area contributed by atoms with Crippen LogP contribution in [0.1, 0.15) is 48.0 Å². The zero-order valence-electron chi connectivity index (χ0n) is 14.7. The van der Waals surface area contributed by atoms with E-state index in [9.17, 15) is 18.0 Å². The molecule has 2 amide bonds. The van der Waals surface area contributed by atoms with Gasteiger partial charge in [0.25, 0.3) is 0 Å². The van der Waals surface area contributed by atoms with Gasteiger partial charge in [0, 0.05) is 11.3 Å². The molecule has 0 aliphatic heterocycles. The number of benzene rings is 1. The standard InChI is InChI=1S/C18H20F3N3O2S/c1-11(12-4-6-15(7-5-12)26-10-18(19,20)21)23-17(25)22-8-14-9-27-16(24-14)13-2-3-13/h4-7,9,11,13H,2-3,8,10H2,1H3,(H2,22,23,25). The minimum atomic E-state index is -4.37. The molecule has 1 aliphatic rings. The number of alkyl halides is 3. The Balaban J connectivity index is 1.44. The van der Waals surface area contributed by atoms with E-state index in [1.54, 1.807) is 30.4 Å². The zero-order valence-corrected chi connectivity index (χ0v) is 15.5. The van der Waals surface area contributed by atoms with Crippen molar-refractivity contribution in [1.29, 1.82) is 0 Å². The summed E-state index contributed by atoms with van der Waals surface area (Å²) in [6, 6.07) is 5.51. The maximum absolute atomic E-state index is 12.1. The number of rotatable bonds is 7. The lowest BCUT2D eigenvalue weighted by Crippen LogP contribution is -2.36. The highest BCUT2D eigenvalue weighted by Crippen LogP contribution is 2.41. The Morgan fingerprint density at radius 1 is 1.33 bits per heavy atom. The van der Waals surface area contributed by atoms with Crippen LogP contribution in [0.3, 0.4) is 0 Å². The van der Waals surface area contributed by atoms with Crippen LogP contribution in [0.15, 0.2) is 29.6 Å². The smallest absolute Gasteiger partial charge is 0.422 e. The van der Waals surface area contributed by atoms with Gasteiger partial charge in [-0.2, -0.15) is 13.2 Å². The highest BCUT2D eigenvalue weighted by Gasteiger charge is 2.28. The zero-order chi connectivity index (χ0) is 19.4. The van der Waals surface area contributed by atoms with Crippen molar-refractivity contribution >= 4 is 17.4 Å². The van der Waals surface area contributed by atoms with E-state index < -0.39 is 12.8 Å². The molecule has 9 heteroatoms. The molecule has 1 heterocycles. The third kappa shape index (κ3) is 6.13. The van der Waals surface area contributed by atoms with E-state index in [0.29, 0.717) is 12.5 Å². The van der Waals surface area contributed by atoms with Gasteiger partial charge in [-0.15, -0.1) is 11.3 Å². The minimum Gasteiger partial charge on any atom is -0.484 e. The van der Waals surface area contributed by atoms with Crippen LogP contribution in [-0.4, -0.2) is 23.8 Å². The number of aromatic nitrogens is 1. The van der Waals surface area contributed by atoms with Crippen LogP contribution in [0.5, 0.6) is 5.75 Å². The molecule has 0 bridgehead atoms. The second-order valence-electron chi connectivity index (χ2n) is 6.47. The fraction of sp³-hybridized carbons (Fsp3) is 0.444. The molecule has 2 N–H and O–H groups in total. The van der Waals surface area contributed by atoms with Crippen molar-refractivity contribution < 1.29 is 22.7 Å². The molecule has 1 fully saturated rings. The minimum absolute atomic E-state index is 0.128. The summed E-state index contributed by atoms with van der Waals surface area (Å²) in [5, 5.41) is 8.64. The molecule has 0 saturated heterocycles. The van der Waals surface area contributed by atoms with Crippen molar-refractivity contribution in [3.63, 3.8) is 0 Å². The first kappa shape index (κ1) is 19.5. The number of amides is 2. The third-order valence-corrected chi connectivity index (χ3v) is 5.11. The predicted molar refractivity (Wildman–Crippen MR) is 95.9 cm³/mol. The van der Waals surface area contributed by atoms with Gasteiger partial charge in [-0.3, -0.25) is 0 Å². The molecule has 1 atom stereocenters. The molecule has 3 rings (SSSR count). The summed E-state index contributed by atoms with van der Waals surface area (Å²) >= 11 is 1.62. The largest absolute Gasteiger partial charge is 0.484 e. The van der Waals surface area contributed by atoms with Gasteiger partial charge in [-0.05, 0) is 37.5 Å². The summed E-state index contributed by atoms with van der Waals surface area (Å²) in [6.45, 7) is 0.812. The molecule has 1 aliphatic carbocycles. The van der Waals surface area contributed by atoms with Crippen LogP contribution in [0.4, 0.5) is 18.0 Å². The molecule has 5 nitrogen and oxygen atoms in total. The number of nitrogens with zero attached hydrogens (tertiary/aromatic N) is 1. The van der Waals surface area contributed by atoms with Crippen molar-refractivity contribution in [3.8, 4) is 5.75 Å². The first-order valence-corrected chi connectivity index (χ1v) is 9.46. The topological polar surface area (TPSA) is 63.2 Å². The summed E-state index contributed by atoms with van der Waals surface area (Å²) in [7, 11) is 0. The van der Waals surface area contributed by atoms with Crippen LogP contribution in [0.25, 0.3) is 0 Å². The van der Waals surface area contributed by atoms with E-state index in [0.717, 1.165) is 16.3 Å². The second-order valence-corrected chi connectivity index (χ2v) is 7.36. The molecule has 0 radical (unpaired) electrons. The average Bonchev–Trinajstić information content (AvgIpc) is 3.36. The van der Waals surface area contributed by atoms with E-state index in [-0.39, 0.29) is 17.8 Å². The molecule has 27 heavy (non-hydrogen) atoms. The Labute approximate surface area is 158 Å². The van der Waals surface area contributed by atoms with Crippen molar-refractivity contribution in [1.82, 2.24) is 15.6 Å². The van der Waals surface area contributed by atoms with Crippen molar-refractivity contribution in [3.05, 3.63) is 45.9 Å². The van der Waals surface area contributed by atoms with Crippen LogP contribution in [-0.2, 0) is 6.54 Å². The number of thiazole rings is 1. The van der Waals surface area contributed by atoms with Crippen LogP contribution in [0.2, 0.25) is 0 Å². The van der Waals surface area contributed by atoms with Gasteiger partial charge in [-0.25, -0.2) is 9.78 Å². The lowest BCUT2D eigenvalue weighted by Gasteiger charge is -2.15. The quantitative estimate of drug-likeness (QED) is 0.719. The fourth-order valence-electron chi connectivity index (χ4n) is 2.44. The Morgan fingerprint density at radius 2 is 2.04 bits per heavy atom. The molecule has 1 unspecified atom stereocenters. The molecule has 1 aromatic heterocycles. The van der Waals surface area contributed by atoms with E-state index in [4.69, 9.17) is 0 Å². The van der Waals surface area contributed by atoms with Gasteiger partial charge in [0.15, 0.2) is 6.61 Å². The van der Waals surface area contributed by atoms with Crippen molar-refractivity contribution in [2.45, 2.75) is 44.4 Å². The van der Waals surface area contributed by atoms with Gasteiger partial charge >= 0.3 is 12.2 Å². The number of ether oxygens (including phenoxy) is 1. The Hall–Kier alpha value is -2.29. The number of urea groups is 1. The number of hydrogen-bond donors (Lipinski definition) is 2. The summed E-state index contributed by atoms with van der Waals surface area (Å²) in [6.07, 6.45) is -1.99. The Morgan fingerprint density at radius 3 is 2.67 bits per heavy atom.